The van der Waals surface area contributed by atoms with Gasteiger partial charge in [-0.15, -0.1) is 0 Å². The van der Waals surface area contributed by atoms with Gasteiger partial charge in [0.05, 0.1) is 18.1 Å². The topological polar surface area (TPSA) is 89.7 Å². The van der Waals surface area contributed by atoms with Gasteiger partial charge in [0.2, 0.25) is 5.91 Å². The highest BCUT2D eigenvalue weighted by Gasteiger charge is 2.34. The van der Waals surface area contributed by atoms with Crippen molar-refractivity contribution in [3.63, 3.8) is 0 Å². The van der Waals surface area contributed by atoms with Crippen molar-refractivity contribution < 1.29 is 17.9 Å². The maximum absolute atomic E-state index is 12.4. The highest BCUT2D eigenvalue weighted by atomic mass is 32.2. The first kappa shape index (κ1) is 17.4. The Kier molecular flexibility index (Phi) is 6.42. The molecule has 1 fully saturated rings. The van der Waals surface area contributed by atoms with E-state index in [2.05, 4.69) is 0 Å². The summed E-state index contributed by atoms with van der Waals surface area (Å²) in [5.41, 5.74) is 5.94. The normalized spacial score (nSPS) is 22.9. The number of hydrogen-bond donors (Lipinski definition) is 1. The van der Waals surface area contributed by atoms with Crippen LogP contribution in [0.5, 0.6) is 0 Å². The number of carbonyl (C=O) groups is 1. The number of sulfone groups is 1. The monoisotopic (exact) mass is 306 g/mol. The molecule has 1 rings (SSSR count). The first-order chi connectivity index (χ1) is 9.26. The van der Waals surface area contributed by atoms with E-state index in [1.807, 2.05) is 13.8 Å². The fraction of sp³-hybridized carbons (Fsp3) is 0.923. The number of methoxy groups -OCH3 is 1. The molecule has 6 nitrogen and oxygen atoms in total. The van der Waals surface area contributed by atoms with E-state index in [0.29, 0.717) is 19.6 Å². The highest BCUT2D eigenvalue weighted by molar-refractivity contribution is 7.91. The average molecular weight is 306 g/mol. The van der Waals surface area contributed by atoms with Gasteiger partial charge in [-0.25, -0.2) is 8.42 Å². The molecule has 0 aromatic rings. The van der Waals surface area contributed by atoms with Crippen LogP contribution in [0.2, 0.25) is 0 Å². The Morgan fingerprint density at radius 2 is 2.10 bits per heavy atom. The molecule has 0 aromatic carbocycles. The lowest BCUT2D eigenvalue weighted by atomic mass is 10.0. The maximum Gasteiger partial charge on any atom is 0.224 e. The summed E-state index contributed by atoms with van der Waals surface area (Å²) in [6, 6.07) is -0.437. The molecule has 1 aliphatic rings. The largest absolute Gasteiger partial charge is 0.383 e. The van der Waals surface area contributed by atoms with Gasteiger partial charge in [-0.05, 0) is 12.3 Å². The number of ether oxygens (including phenoxy) is 1. The Bertz CT molecular complexity index is 422. The van der Waals surface area contributed by atoms with Gasteiger partial charge < -0.3 is 15.4 Å². The first-order valence-corrected chi connectivity index (χ1v) is 8.83. The molecule has 0 aromatic heterocycles. The van der Waals surface area contributed by atoms with Crippen LogP contribution in [0.3, 0.4) is 0 Å². The summed E-state index contributed by atoms with van der Waals surface area (Å²) in [5.74, 6) is 0.352. The number of carbonyl (C=O) groups excluding carboxylic acids is 1. The highest BCUT2D eigenvalue weighted by Crippen LogP contribution is 2.19. The number of amides is 1. The predicted octanol–water partition coefficient (Wildman–Crippen LogP) is 0.0219. The van der Waals surface area contributed by atoms with Crippen LogP contribution >= 0.6 is 0 Å². The standard InChI is InChI=1S/C13H26N2O4S/c1-10(2)12(14)8-13(16)15(5-6-19-3)11-4-7-20(17,18)9-11/h10-12H,4-9,14H2,1-3H3. The average Bonchev–Trinajstić information content (AvgIpc) is 2.69. The van der Waals surface area contributed by atoms with E-state index in [1.54, 1.807) is 12.0 Å². The van der Waals surface area contributed by atoms with Crippen molar-refractivity contribution >= 4 is 15.7 Å². The van der Waals surface area contributed by atoms with Gasteiger partial charge in [0.25, 0.3) is 0 Å². The molecule has 118 valence electrons. The fourth-order valence-corrected chi connectivity index (χ4v) is 4.01. The van der Waals surface area contributed by atoms with Gasteiger partial charge in [-0.3, -0.25) is 4.79 Å². The Hall–Kier alpha value is -0.660. The van der Waals surface area contributed by atoms with Crippen LogP contribution in [-0.4, -0.2) is 63.1 Å². The summed E-state index contributed by atoms with van der Waals surface area (Å²) >= 11 is 0. The molecule has 2 unspecified atom stereocenters. The van der Waals surface area contributed by atoms with Gasteiger partial charge in [-0.1, -0.05) is 13.8 Å². The quantitative estimate of drug-likeness (QED) is 0.716. The minimum absolute atomic E-state index is 0.0549. The van der Waals surface area contributed by atoms with Crippen LogP contribution in [0.15, 0.2) is 0 Å². The minimum Gasteiger partial charge on any atom is -0.383 e. The third kappa shape index (κ3) is 5.03. The van der Waals surface area contributed by atoms with E-state index in [9.17, 15) is 13.2 Å². The summed E-state index contributed by atoms with van der Waals surface area (Å²) in [6.07, 6.45) is 0.757. The van der Waals surface area contributed by atoms with Crippen LogP contribution in [0.4, 0.5) is 0 Å². The summed E-state index contributed by atoms with van der Waals surface area (Å²) in [4.78, 5) is 14.0. The van der Waals surface area contributed by atoms with E-state index in [0.717, 1.165) is 0 Å². The van der Waals surface area contributed by atoms with Crippen molar-refractivity contribution in [1.29, 1.82) is 0 Å². The van der Waals surface area contributed by atoms with E-state index >= 15 is 0 Å². The lowest BCUT2D eigenvalue weighted by Gasteiger charge is -2.29. The summed E-state index contributed by atoms with van der Waals surface area (Å²) < 4.78 is 28.2. The molecular weight excluding hydrogens is 280 g/mol. The number of hydrogen-bond acceptors (Lipinski definition) is 5. The third-order valence-corrected chi connectivity index (χ3v) is 5.52. The first-order valence-electron chi connectivity index (χ1n) is 7.01. The lowest BCUT2D eigenvalue weighted by Crippen LogP contribution is -2.45. The second-order valence-corrected chi connectivity index (χ2v) is 7.98. The van der Waals surface area contributed by atoms with Gasteiger partial charge in [-0.2, -0.15) is 0 Å². The zero-order chi connectivity index (χ0) is 15.3. The molecular formula is C13H26N2O4S. The van der Waals surface area contributed by atoms with E-state index in [4.69, 9.17) is 10.5 Å². The molecule has 1 saturated heterocycles. The summed E-state index contributed by atoms with van der Waals surface area (Å²) in [5, 5.41) is 0. The van der Waals surface area contributed by atoms with Crippen LogP contribution in [-0.2, 0) is 19.4 Å². The van der Waals surface area contributed by atoms with Crippen molar-refractivity contribution in [2.24, 2.45) is 11.7 Å². The van der Waals surface area contributed by atoms with Gasteiger partial charge in [0.15, 0.2) is 9.84 Å². The smallest absolute Gasteiger partial charge is 0.224 e. The molecule has 0 bridgehead atoms. The SMILES string of the molecule is COCCN(C(=O)CC(N)C(C)C)C1CCS(=O)(=O)C1. The van der Waals surface area contributed by atoms with E-state index in [1.165, 1.54) is 0 Å². The Balaban J connectivity index is 2.71. The molecule has 2 N–H and O–H groups in total. The third-order valence-electron chi connectivity index (χ3n) is 3.77. The number of nitrogens with zero attached hydrogens (tertiary/aromatic N) is 1. The zero-order valence-electron chi connectivity index (χ0n) is 12.5. The van der Waals surface area contributed by atoms with E-state index in [-0.39, 0.29) is 41.8 Å². The Morgan fingerprint density at radius 3 is 2.55 bits per heavy atom. The van der Waals surface area contributed by atoms with Crippen molar-refractivity contribution in [2.75, 3.05) is 31.8 Å². The zero-order valence-corrected chi connectivity index (χ0v) is 13.4. The lowest BCUT2D eigenvalue weighted by molar-refractivity contribution is -0.134. The van der Waals surface area contributed by atoms with Crippen molar-refractivity contribution in [2.45, 2.75) is 38.8 Å². The van der Waals surface area contributed by atoms with E-state index < -0.39 is 9.84 Å². The van der Waals surface area contributed by atoms with Gasteiger partial charge in [0, 0.05) is 32.2 Å². The second-order valence-electron chi connectivity index (χ2n) is 5.75. The Morgan fingerprint density at radius 1 is 1.45 bits per heavy atom. The van der Waals surface area contributed by atoms with Gasteiger partial charge in [0.1, 0.15) is 0 Å². The molecule has 1 aliphatic heterocycles. The maximum atomic E-state index is 12.4. The van der Waals surface area contributed by atoms with Crippen LogP contribution in [0, 0.1) is 5.92 Å². The molecule has 0 aliphatic carbocycles. The molecule has 2 atom stereocenters. The molecule has 7 heteroatoms. The van der Waals surface area contributed by atoms with Gasteiger partial charge >= 0.3 is 0 Å². The van der Waals surface area contributed by atoms with Crippen molar-refractivity contribution in [1.82, 2.24) is 4.90 Å². The molecule has 0 saturated carbocycles. The molecule has 1 amide bonds. The Labute approximate surface area is 121 Å². The van der Waals surface area contributed by atoms with Crippen LogP contribution < -0.4 is 5.73 Å². The molecule has 1 heterocycles. The minimum atomic E-state index is -3.01. The summed E-state index contributed by atoms with van der Waals surface area (Å²) in [7, 11) is -1.45. The number of rotatable bonds is 7. The summed E-state index contributed by atoms with van der Waals surface area (Å²) in [6.45, 7) is 4.76. The second kappa shape index (κ2) is 7.38. The predicted molar refractivity (Wildman–Crippen MR) is 78.1 cm³/mol. The molecule has 20 heavy (non-hydrogen) atoms. The molecule has 0 spiro atoms. The number of nitrogens with two attached hydrogens (primary N) is 1. The van der Waals surface area contributed by atoms with Crippen LogP contribution in [0.1, 0.15) is 26.7 Å². The molecule has 0 radical (unpaired) electrons. The fourth-order valence-electron chi connectivity index (χ4n) is 2.28. The van der Waals surface area contributed by atoms with Crippen molar-refractivity contribution in [3.8, 4) is 0 Å². The van der Waals surface area contributed by atoms with Crippen molar-refractivity contribution in [3.05, 3.63) is 0 Å². The van der Waals surface area contributed by atoms with Crippen LogP contribution in [0.25, 0.3) is 0 Å².